The van der Waals surface area contributed by atoms with E-state index in [4.69, 9.17) is 25.8 Å². The highest BCUT2D eigenvalue weighted by atomic mass is 35.5. The minimum atomic E-state index is -0.622. The molecule has 1 heterocycles. The number of hydrogen-bond donors (Lipinski definition) is 0. The molecule has 7 heteroatoms. The quantitative estimate of drug-likeness (QED) is 0.459. The van der Waals surface area contributed by atoms with Gasteiger partial charge >= 0.3 is 11.9 Å². The molecule has 1 aromatic heterocycles. The van der Waals surface area contributed by atoms with Crippen LogP contribution in [0.25, 0.3) is 0 Å². The highest BCUT2D eigenvalue weighted by Gasteiger charge is 2.12. The number of ether oxygens (including phenoxy) is 3. The van der Waals surface area contributed by atoms with Crippen LogP contribution in [0.1, 0.15) is 20.7 Å². The number of pyridine rings is 1. The van der Waals surface area contributed by atoms with Crippen LogP contribution < -0.4 is 4.74 Å². The third-order valence-corrected chi connectivity index (χ3v) is 3.16. The van der Waals surface area contributed by atoms with E-state index >= 15 is 0 Å². The van der Waals surface area contributed by atoms with Gasteiger partial charge in [0.2, 0.25) is 0 Å². The average molecular weight is 336 g/mol. The molecule has 0 radical (unpaired) electrons. The van der Waals surface area contributed by atoms with Crippen LogP contribution in [0.3, 0.4) is 0 Å². The summed E-state index contributed by atoms with van der Waals surface area (Å²) in [5.74, 6) is -0.490. The maximum Gasteiger partial charge on any atom is 0.341 e. The zero-order valence-corrected chi connectivity index (χ0v) is 13.1. The number of esters is 2. The van der Waals surface area contributed by atoms with Crippen molar-refractivity contribution in [3.05, 3.63) is 58.9 Å². The van der Waals surface area contributed by atoms with Gasteiger partial charge < -0.3 is 14.2 Å². The predicted octanol–water partition coefficient (Wildman–Crippen LogP) is 2.76. The molecule has 6 nitrogen and oxygen atoms in total. The van der Waals surface area contributed by atoms with Gasteiger partial charge in [-0.2, -0.15) is 0 Å². The van der Waals surface area contributed by atoms with Crippen LogP contribution in [0.4, 0.5) is 0 Å². The first-order valence-corrected chi connectivity index (χ1v) is 7.08. The molecule has 0 fully saturated rings. The van der Waals surface area contributed by atoms with E-state index in [2.05, 4.69) is 4.98 Å². The van der Waals surface area contributed by atoms with Crippen LogP contribution >= 0.6 is 11.6 Å². The van der Waals surface area contributed by atoms with Crippen molar-refractivity contribution in [2.24, 2.45) is 0 Å². The Kier molecular flexibility index (Phi) is 5.94. The van der Waals surface area contributed by atoms with Gasteiger partial charge in [0.1, 0.15) is 24.1 Å². The minimum Gasteiger partial charge on any atom is -0.497 e. The number of halogens is 1. The molecule has 0 aliphatic rings. The number of carbonyl (C=O) groups excluding carboxylic acids is 2. The van der Waals surface area contributed by atoms with Gasteiger partial charge in [-0.25, -0.2) is 14.6 Å². The number of nitrogens with zero attached hydrogens (tertiary/aromatic N) is 1. The van der Waals surface area contributed by atoms with Crippen LogP contribution in [0.15, 0.2) is 42.6 Å². The van der Waals surface area contributed by atoms with Crippen molar-refractivity contribution < 1.29 is 23.8 Å². The Balaban J connectivity index is 1.77. The first-order valence-electron chi connectivity index (χ1n) is 6.70. The van der Waals surface area contributed by atoms with Crippen LogP contribution in [0.2, 0.25) is 5.15 Å². The van der Waals surface area contributed by atoms with E-state index in [0.29, 0.717) is 11.3 Å². The second-order valence-corrected chi connectivity index (χ2v) is 4.70. The van der Waals surface area contributed by atoms with Crippen LogP contribution in [0.5, 0.6) is 5.75 Å². The molecule has 0 aliphatic carbocycles. The monoisotopic (exact) mass is 335 g/mol. The summed E-state index contributed by atoms with van der Waals surface area (Å²) in [6.45, 7) is -0.138. The number of aromatic nitrogens is 1. The van der Waals surface area contributed by atoms with Crippen molar-refractivity contribution >= 4 is 23.5 Å². The third kappa shape index (κ3) is 4.69. The molecule has 0 spiro atoms. The van der Waals surface area contributed by atoms with Crippen LogP contribution in [0, 0.1) is 0 Å². The zero-order valence-electron chi connectivity index (χ0n) is 12.3. The van der Waals surface area contributed by atoms with E-state index in [-0.39, 0.29) is 23.9 Å². The summed E-state index contributed by atoms with van der Waals surface area (Å²) in [6.07, 6.45) is 1.47. The molecule has 0 amide bonds. The van der Waals surface area contributed by atoms with Gasteiger partial charge in [-0.05, 0) is 36.4 Å². The van der Waals surface area contributed by atoms with Gasteiger partial charge in [-0.1, -0.05) is 11.6 Å². The van der Waals surface area contributed by atoms with E-state index in [1.165, 1.54) is 19.4 Å². The highest BCUT2D eigenvalue weighted by molar-refractivity contribution is 6.32. The SMILES string of the molecule is COc1ccc(C(=O)OCCOC(=O)c2cccnc2Cl)cc1. The van der Waals surface area contributed by atoms with E-state index < -0.39 is 11.9 Å². The molecule has 0 N–H and O–H groups in total. The second-order valence-electron chi connectivity index (χ2n) is 4.34. The molecule has 0 unspecified atom stereocenters. The maximum absolute atomic E-state index is 11.8. The molecule has 120 valence electrons. The van der Waals surface area contributed by atoms with Gasteiger partial charge in [-0.3, -0.25) is 0 Å². The van der Waals surface area contributed by atoms with Crippen molar-refractivity contribution in [1.82, 2.24) is 4.98 Å². The molecule has 0 aliphatic heterocycles. The summed E-state index contributed by atoms with van der Waals surface area (Å²) in [4.78, 5) is 27.3. The topological polar surface area (TPSA) is 74.7 Å². The Hall–Kier alpha value is -2.60. The van der Waals surface area contributed by atoms with E-state index in [9.17, 15) is 9.59 Å². The highest BCUT2D eigenvalue weighted by Crippen LogP contribution is 2.13. The van der Waals surface area contributed by atoms with Gasteiger partial charge in [-0.15, -0.1) is 0 Å². The first-order chi connectivity index (χ1) is 11.1. The zero-order chi connectivity index (χ0) is 16.7. The molecule has 0 saturated carbocycles. The average Bonchev–Trinajstić information content (AvgIpc) is 2.58. The second kappa shape index (κ2) is 8.14. The molecule has 0 bridgehead atoms. The molecule has 1 aromatic carbocycles. The Bertz CT molecular complexity index is 687. The Morgan fingerprint density at radius 1 is 1.04 bits per heavy atom. The lowest BCUT2D eigenvalue weighted by Gasteiger charge is -2.07. The number of rotatable bonds is 6. The molecular weight excluding hydrogens is 322 g/mol. The number of hydrogen-bond acceptors (Lipinski definition) is 6. The fraction of sp³-hybridized carbons (Fsp3) is 0.188. The van der Waals surface area contributed by atoms with E-state index in [0.717, 1.165) is 0 Å². The van der Waals surface area contributed by atoms with E-state index in [1.54, 1.807) is 30.3 Å². The molecule has 0 atom stereocenters. The Labute approximate surface area is 137 Å². The maximum atomic E-state index is 11.8. The number of methoxy groups -OCH3 is 1. The standard InChI is InChI=1S/C16H14ClNO5/c1-21-12-6-4-11(5-7-12)15(19)22-9-10-23-16(20)13-3-2-8-18-14(13)17/h2-8H,9-10H2,1H3. The lowest BCUT2D eigenvalue weighted by molar-refractivity contribution is 0.0265. The first kappa shape index (κ1) is 16.8. The fourth-order valence-electron chi connectivity index (χ4n) is 1.70. The smallest absolute Gasteiger partial charge is 0.341 e. The van der Waals surface area contributed by atoms with Gasteiger partial charge in [0.05, 0.1) is 18.2 Å². The third-order valence-electron chi connectivity index (χ3n) is 2.85. The van der Waals surface area contributed by atoms with Crippen LogP contribution in [-0.2, 0) is 9.47 Å². The minimum absolute atomic E-state index is 0.0610. The summed E-state index contributed by atoms with van der Waals surface area (Å²) in [7, 11) is 1.54. The van der Waals surface area contributed by atoms with Crippen molar-refractivity contribution in [3.63, 3.8) is 0 Å². The van der Waals surface area contributed by atoms with Crippen molar-refractivity contribution in [2.45, 2.75) is 0 Å². The van der Waals surface area contributed by atoms with Gasteiger partial charge in [0, 0.05) is 6.20 Å². The summed E-state index contributed by atoms with van der Waals surface area (Å²) >= 11 is 5.78. The van der Waals surface area contributed by atoms with Crippen molar-refractivity contribution in [2.75, 3.05) is 20.3 Å². The predicted molar refractivity (Wildman–Crippen MR) is 82.8 cm³/mol. The number of benzene rings is 1. The molecule has 2 aromatic rings. The summed E-state index contributed by atoms with van der Waals surface area (Å²) < 4.78 is 15.0. The van der Waals surface area contributed by atoms with Gasteiger partial charge in [0.15, 0.2) is 0 Å². The molecule has 0 saturated heterocycles. The van der Waals surface area contributed by atoms with Crippen LogP contribution in [-0.4, -0.2) is 37.2 Å². The summed E-state index contributed by atoms with van der Waals surface area (Å²) in [6, 6.07) is 9.56. The normalized spacial score (nSPS) is 10.0. The molecule has 23 heavy (non-hydrogen) atoms. The summed E-state index contributed by atoms with van der Waals surface area (Å²) in [5, 5.41) is 0.0627. The largest absolute Gasteiger partial charge is 0.497 e. The van der Waals surface area contributed by atoms with Gasteiger partial charge in [0.25, 0.3) is 0 Å². The number of carbonyl (C=O) groups is 2. The lowest BCUT2D eigenvalue weighted by atomic mass is 10.2. The van der Waals surface area contributed by atoms with Crippen molar-refractivity contribution in [3.8, 4) is 5.75 Å². The van der Waals surface area contributed by atoms with E-state index in [1.807, 2.05) is 0 Å². The Morgan fingerprint density at radius 3 is 2.30 bits per heavy atom. The fourth-order valence-corrected chi connectivity index (χ4v) is 1.89. The van der Waals surface area contributed by atoms with Crippen molar-refractivity contribution in [1.29, 1.82) is 0 Å². The lowest BCUT2D eigenvalue weighted by Crippen LogP contribution is -2.14. The molecule has 2 rings (SSSR count). The molecular formula is C16H14ClNO5. The summed E-state index contributed by atoms with van der Waals surface area (Å²) in [5.41, 5.74) is 0.545. The Morgan fingerprint density at radius 2 is 1.70 bits per heavy atom.